The lowest BCUT2D eigenvalue weighted by molar-refractivity contribution is -0.114. The van der Waals surface area contributed by atoms with Gasteiger partial charge in [0.05, 0.1) is 35.7 Å². The molecule has 0 atom stereocenters. The molecular weight excluding hydrogens is 432 g/mol. The second-order valence-electron chi connectivity index (χ2n) is 6.16. The molecule has 162 valence electrons. The first kappa shape index (κ1) is 23.5. The molecule has 0 bridgehead atoms. The molecule has 0 fully saturated rings. The van der Waals surface area contributed by atoms with Crippen molar-refractivity contribution in [2.45, 2.75) is 13.8 Å². The molecule has 2 aromatic carbocycles. The zero-order chi connectivity index (χ0) is 22.3. The molecule has 0 spiro atoms. The van der Waals surface area contributed by atoms with Gasteiger partial charge < -0.3 is 14.8 Å². The Morgan fingerprint density at radius 2 is 1.83 bits per heavy atom. The minimum Gasteiger partial charge on any atom is -0.494 e. The van der Waals surface area contributed by atoms with E-state index in [0.29, 0.717) is 23.7 Å². The van der Waals surface area contributed by atoms with E-state index >= 15 is 0 Å². The van der Waals surface area contributed by atoms with E-state index in [1.54, 1.807) is 31.2 Å². The molecule has 30 heavy (non-hydrogen) atoms. The number of halogens is 1. The SMILES string of the molecule is CCOC(=O)c1ccc(NC(=O)CN(c2cccc(OCC)c2)S(C)(=O)=O)cc1Cl. The lowest BCUT2D eigenvalue weighted by Crippen LogP contribution is -2.37. The number of nitrogens with zero attached hydrogens (tertiary/aromatic N) is 1. The predicted molar refractivity (Wildman–Crippen MR) is 116 cm³/mol. The first-order chi connectivity index (χ1) is 14.2. The van der Waals surface area contributed by atoms with Crippen molar-refractivity contribution in [1.82, 2.24) is 0 Å². The second-order valence-corrected chi connectivity index (χ2v) is 8.48. The summed E-state index contributed by atoms with van der Waals surface area (Å²) in [6.07, 6.45) is 1.01. The van der Waals surface area contributed by atoms with Gasteiger partial charge in [-0.05, 0) is 44.2 Å². The van der Waals surface area contributed by atoms with E-state index in [1.807, 2.05) is 6.92 Å². The minimum atomic E-state index is -3.74. The molecule has 1 N–H and O–H groups in total. The summed E-state index contributed by atoms with van der Waals surface area (Å²) in [5.41, 5.74) is 0.783. The summed E-state index contributed by atoms with van der Waals surface area (Å²) in [4.78, 5) is 24.3. The Kier molecular flexibility index (Phi) is 8.08. The molecule has 0 aliphatic heterocycles. The van der Waals surface area contributed by atoms with Crippen LogP contribution in [0.25, 0.3) is 0 Å². The Labute approximate surface area is 180 Å². The van der Waals surface area contributed by atoms with Gasteiger partial charge in [-0.1, -0.05) is 17.7 Å². The molecule has 2 aromatic rings. The van der Waals surface area contributed by atoms with Gasteiger partial charge in [0.25, 0.3) is 0 Å². The largest absolute Gasteiger partial charge is 0.494 e. The molecule has 8 nitrogen and oxygen atoms in total. The summed E-state index contributed by atoms with van der Waals surface area (Å²) in [7, 11) is -3.74. The van der Waals surface area contributed by atoms with Gasteiger partial charge in [0, 0.05) is 11.8 Å². The zero-order valence-corrected chi connectivity index (χ0v) is 18.4. The number of hydrogen-bond acceptors (Lipinski definition) is 6. The van der Waals surface area contributed by atoms with Crippen LogP contribution in [-0.2, 0) is 19.6 Å². The Morgan fingerprint density at radius 3 is 2.43 bits per heavy atom. The van der Waals surface area contributed by atoms with Crippen LogP contribution >= 0.6 is 11.6 Å². The predicted octanol–water partition coefficient (Wildman–Crippen LogP) is 3.32. The number of hydrogen-bond donors (Lipinski definition) is 1. The lowest BCUT2D eigenvalue weighted by atomic mass is 10.2. The maximum atomic E-state index is 12.5. The van der Waals surface area contributed by atoms with Crippen molar-refractivity contribution in [3.05, 3.63) is 53.1 Å². The average molecular weight is 455 g/mol. The number of ether oxygens (including phenoxy) is 2. The van der Waals surface area contributed by atoms with Crippen LogP contribution in [0.15, 0.2) is 42.5 Å². The Morgan fingerprint density at radius 1 is 1.10 bits per heavy atom. The fourth-order valence-electron chi connectivity index (χ4n) is 2.59. The van der Waals surface area contributed by atoms with Crippen LogP contribution in [0.3, 0.4) is 0 Å². The molecule has 0 radical (unpaired) electrons. The van der Waals surface area contributed by atoms with Crippen LogP contribution in [0.5, 0.6) is 5.75 Å². The van der Waals surface area contributed by atoms with Gasteiger partial charge in [0.1, 0.15) is 12.3 Å². The highest BCUT2D eigenvalue weighted by Gasteiger charge is 2.22. The van der Waals surface area contributed by atoms with Crippen LogP contribution < -0.4 is 14.4 Å². The Balaban J connectivity index is 2.18. The quantitative estimate of drug-likeness (QED) is 0.583. The fraction of sp³-hybridized carbons (Fsp3) is 0.300. The number of esters is 1. The van der Waals surface area contributed by atoms with Crippen LogP contribution in [0, 0.1) is 0 Å². The summed E-state index contributed by atoms with van der Waals surface area (Å²) in [5, 5.41) is 2.69. The number of carbonyl (C=O) groups is 2. The topological polar surface area (TPSA) is 102 Å². The monoisotopic (exact) mass is 454 g/mol. The van der Waals surface area contributed by atoms with Crippen molar-refractivity contribution in [3.63, 3.8) is 0 Å². The maximum absolute atomic E-state index is 12.5. The molecule has 0 saturated heterocycles. The smallest absolute Gasteiger partial charge is 0.339 e. The molecule has 0 aliphatic rings. The molecule has 0 unspecified atom stereocenters. The van der Waals surface area contributed by atoms with E-state index < -0.39 is 28.4 Å². The van der Waals surface area contributed by atoms with E-state index in [-0.39, 0.29) is 17.2 Å². The lowest BCUT2D eigenvalue weighted by Gasteiger charge is -2.22. The highest BCUT2D eigenvalue weighted by molar-refractivity contribution is 7.92. The van der Waals surface area contributed by atoms with Gasteiger partial charge in [0.2, 0.25) is 15.9 Å². The van der Waals surface area contributed by atoms with Crippen molar-refractivity contribution in [1.29, 1.82) is 0 Å². The van der Waals surface area contributed by atoms with Crippen LogP contribution in [-0.4, -0.2) is 46.3 Å². The van der Waals surface area contributed by atoms with Gasteiger partial charge >= 0.3 is 5.97 Å². The van der Waals surface area contributed by atoms with E-state index in [0.717, 1.165) is 10.6 Å². The van der Waals surface area contributed by atoms with E-state index in [4.69, 9.17) is 21.1 Å². The van der Waals surface area contributed by atoms with Crippen molar-refractivity contribution in [3.8, 4) is 5.75 Å². The molecule has 0 saturated carbocycles. The third-order valence-corrected chi connectivity index (χ3v) is 5.31. The number of rotatable bonds is 9. The van der Waals surface area contributed by atoms with Crippen molar-refractivity contribution in [2.75, 3.05) is 35.6 Å². The minimum absolute atomic E-state index is 0.107. The number of carbonyl (C=O) groups excluding carboxylic acids is 2. The highest BCUT2D eigenvalue weighted by Crippen LogP contribution is 2.24. The van der Waals surface area contributed by atoms with Gasteiger partial charge in [0.15, 0.2) is 0 Å². The van der Waals surface area contributed by atoms with Crippen molar-refractivity contribution in [2.24, 2.45) is 0 Å². The standard InChI is InChI=1S/C20H23ClN2O6S/c1-4-28-16-8-6-7-15(12-16)23(30(3,26)27)13-19(24)22-14-9-10-17(18(21)11-14)20(25)29-5-2/h6-12H,4-5,13H2,1-3H3,(H,22,24). The van der Waals surface area contributed by atoms with Crippen LogP contribution in [0.2, 0.25) is 5.02 Å². The average Bonchev–Trinajstić information content (AvgIpc) is 2.66. The van der Waals surface area contributed by atoms with Crippen molar-refractivity contribution < 1.29 is 27.5 Å². The first-order valence-corrected chi connectivity index (χ1v) is 11.4. The molecule has 1 amide bonds. The fourth-order valence-corrected chi connectivity index (χ4v) is 3.70. The first-order valence-electron chi connectivity index (χ1n) is 9.12. The summed E-state index contributed by atoms with van der Waals surface area (Å²) in [6, 6.07) is 10.8. The summed E-state index contributed by atoms with van der Waals surface area (Å²) in [5.74, 6) is -0.662. The van der Waals surface area contributed by atoms with E-state index in [1.165, 1.54) is 18.2 Å². The Bertz CT molecular complexity index is 1030. The third-order valence-electron chi connectivity index (χ3n) is 3.85. The number of sulfonamides is 1. The van der Waals surface area contributed by atoms with Gasteiger partial charge in [-0.3, -0.25) is 9.10 Å². The van der Waals surface area contributed by atoms with Crippen molar-refractivity contribution >= 4 is 44.9 Å². The third kappa shape index (κ3) is 6.36. The van der Waals surface area contributed by atoms with Gasteiger partial charge in [-0.25, -0.2) is 13.2 Å². The van der Waals surface area contributed by atoms with E-state index in [2.05, 4.69) is 5.32 Å². The molecule has 2 rings (SSSR count). The highest BCUT2D eigenvalue weighted by atomic mass is 35.5. The Hall–Kier alpha value is -2.78. The molecular formula is C20H23ClN2O6S. The number of amides is 1. The molecule has 10 heteroatoms. The molecule has 0 heterocycles. The summed E-state index contributed by atoms with van der Waals surface area (Å²) < 4.78 is 35.8. The summed E-state index contributed by atoms with van der Waals surface area (Å²) >= 11 is 6.09. The van der Waals surface area contributed by atoms with Gasteiger partial charge in [-0.2, -0.15) is 0 Å². The zero-order valence-electron chi connectivity index (χ0n) is 16.8. The second kappa shape index (κ2) is 10.3. The van der Waals surface area contributed by atoms with E-state index in [9.17, 15) is 18.0 Å². The van der Waals surface area contributed by atoms with Gasteiger partial charge in [-0.15, -0.1) is 0 Å². The number of nitrogens with one attached hydrogen (secondary N) is 1. The van der Waals surface area contributed by atoms with Crippen LogP contribution in [0.4, 0.5) is 11.4 Å². The molecule has 0 aliphatic carbocycles. The number of benzene rings is 2. The molecule has 0 aromatic heterocycles. The van der Waals surface area contributed by atoms with Crippen LogP contribution in [0.1, 0.15) is 24.2 Å². The summed E-state index contributed by atoms with van der Waals surface area (Å²) in [6.45, 7) is 3.67. The maximum Gasteiger partial charge on any atom is 0.339 e. The normalized spacial score (nSPS) is 10.9. The number of anilines is 2.